The van der Waals surface area contributed by atoms with Crippen LogP contribution in [0.25, 0.3) is 22.3 Å². The molecule has 45 heavy (non-hydrogen) atoms. The number of hydrogen-bond acceptors (Lipinski definition) is 9. The summed E-state index contributed by atoms with van der Waals surface area (Å²) in [5.74, 6) is 0.119. The second kappa shape index (κ2) is 13.8. The Hall–Kier alpha value is -4.91. The number of anilines is 1. The number of likely N-dealkylation sites (N-methyl/N-ethyl adjacent to an activating group) is 1. The number of fused-ring (bicyclic) bond motifs is 1. The fourth-order valence-electron chi connectivity index (χ4n) is 5.34. The first-order chi connectivity index (χ1) is 21.6. The van der Waals surface area contributed by atoms with Crippen molar-refractivity contribution in [3.63, 3.8) is 0 Å². The molecular weight excluding hydrogens is 572 g/mol. The molecule has 0 aliphatic carbocycles. The first kappa shape index (κ1) is 31.5. The molecule has 1 aliphatic heterocycles. The number of aromatic nitrogens is 5. The standard InChI is InChI=1S/C32H40N10O3/c1-6-7-22-14-21(4)36-32(45)25(22)17-34-31(44)24-15-27(23-8-9-28(33-16-23)41-12-10-40(5)11-13-41)37-30-26(24)18-35-42(30)19-29(43)39-38-20(2)3/h8-9,14-16,18H,6-7,10-13,17,19H2,1-5H3,(H,34,44)(H,36,45)(H,39,43). The summed E-state index contributed by atoms with van der Waals surface area (Å²) in [6.07, 6.45) is 4.87. The number of aromatic amines is 1. The highest BCUT2D eigenvalue weighted by Crippen LogP contribution is 2.26. The molecule has 4 aromatic heterocycles. The largest absolute Gasteiger partial charge is 0.354 e. The van der Waals surface area contributed by atoms with Crippen LogP contribution in [0.2, 0.25) is 0 Å². The molecule has 0 aromatic carbocycles. The van der Waals surface area contributed by atoms with Gasteiger partial charge in [0.25, 0.3) is 17.4 Å². The third kappa shape index (κ3) is 7.43. The van der Waals surface area contributed by atoms with Gasteiger partial charge in [0, 0.05) is 61.5 Å². The van der Waals surface area contributed by atoms with Crippen LogP contribution in [0.1, 0.15) is 54.4 Å². The number of amides is 2. The van der Waals surface area contributed by atoms with Gasteiger partial charge >= 0.3 is 0 Å². The van der Waals surface area contributed by atoms with Crippen LogP contribution in [0, 0.1) is 6.92 Å². The van der Waals surface area contributed by atoms with Crippen molar-refractivity contribution in [2.75, 3.05) is 38.1 Å². The zero-order valence-corrected chi connectivity index (χ0v) is 26.5. The van der Waals surface area contributed by atoms with Crippen LogP contribution in [0.4, 0.5) is 5.82 Å². The van der Waals surface area contributed by atoms with Gasteiger partial charge in [-0.25, -0.2) is 20.1 Å². The lowest BCUT2D eigenvalue weighted by atomic mass is 10.0. The average Bonchev–Trinajstić information content (AvgIpc) is 3.42. The molecule has 236 valence electrons. The minimum atomic E-state index is -0.386. The second-order valence-corrected chi connectivity index (χ2v) is 11.6. The van der Waals surface area contributed by atoms with E-state index < -0.39 is 0 Å². The Morgan fingerprint density at radius 3 is 2.56 bits per heavy atom. The molecule has 0 spiro atoms. The van der Waals surface area contributed by atoms with E-state index in [-0.39, 0.29) is 30.5 Å². The van der Waals surface area contributed by atoms with Gasteiger partial charge < -0.3 is 20.1 Å². The molecule has 13 nitrogen and oxygen atoms in total. The van der Waals surface area contributed by atoms with Crippen LogP contribution in [-0.2, 0) is 24.3 Å². The zero-order valence-electron chi connectivity index (χ0n) is 26.5. The summed E-state index contributed by atoms with van der Waals surface area (Å²) < 4.78 is 1.45. The molecule has 2 amide bonds. The van der Waals surface area contributed by atoms with Crippen LogP contribution in [0.5, 0.6) is 0 Å². The van der Waals surface area contributed by atoms with Gasteiger partial charge in [-0.1, -0.05) is 13.3 Å². The SMILES string of the molecule is CCCc1cc(C)[nH]c(=O)c1CNC(=O)c1cc(-c2ccc(N3CCN(C)CC3)nc2)nc2c1cnn2CC(=O)NN=C(C)C. The van der Waals surface area contributed by atoms with Crippen molar-refractivity contribution < 1.29 is 9.59 Å². The van der Waals surface area contributed by atoms with Gasteiger partial charge in [0.15, 0.2) is 5.65 Å². The van der Waals surface area contributed by atoms with Crippen LogP contribution < -0.4 is 21.2 Å². The Bertz CT molecular complexity index is 1780. The quantitative estimate of drug-likeness (QED) is 0.183. The Labute approximate surface area is 261 Å². The number of pyridine rings is 3. The molecular formula is C32H40N10O3. The fourth-order valence-corrected chi connectivity index (χ4v) is 5.34. The van der Waals surface area contributed by atoms with Crippen molar-refractivity contribution >= 4 is 34.4 Å². The smallest absolute Gasteiger partial charge is 0.261 e. The van der Waals surface area contributed by atoms with Crippen molar-refractivity contribution in [2.24, 2.45) is 5.10 Å². The maximum Gasteiger partial charge on any atom is 0.261 e. The highest BCUT2D eigenvalue weighted by molar-refractivity contribution is 6.06. The predicted molar refractivity (Wildman–Crippen MR) is 174 cm³/mol. The number of hydrazone groups is 1. The van der Waals surface area contributed by atoms with Crippen LogP contribution in [0.15, 0.2) is 46.6 Å². The van der Waals surface area contributed by atoms with Crippen LogP contribution in [-0.4, -0.2) is 80.4 Å². The number of piperazine rings is 1. The number of nitrogens with one attached hydrogen (secondary N) is 3. The maximum atomic E-state index is 13.7. The third-order valence-electron chi connectivity index (χ3n) is 7.73. The van der Waals surface area contributed by atoms with Gasteiger partial charge in [-0.05, 0) is 64.1 Å². The normalized spacial score (nSPS) is 13.6. The predicted octanol–water partition coefficient (Wildman–Crippen LogP) is 2.64. The van der Waals surface area contributed by atoms with E-state index in [2.05, 4.69) is 42.8 Å². The van der Waals surface area contributed by atoms with Gasteiger partial charge in [-0.3, -0.25) is 14.4 Å². The number of H-pyrrole nitrogens is 1. The molecule has 1 fully saturated rings. The summed E-state index contributed by atoms with van der Waals surface area (Å²) >= 11 is 0. The summed E-state index contributed by atoms with van der Waals surface area (Å²) in [7, 11) is 2.11. The Balaban J connectivity index is 1.49. The van der Waals surface area contributed by atoms with E-state index >= 15 is 0 Å². The minimum absolute atomic E-state index is 0.0646. The molecule has 0 bridgehead atoms. The molecule has 5 heterocycles. The fraction of sp³-hybridized carbons (Fsp3) is 0.406. The number of nitrogens with zero attached hydrogens (tertiary/aromatic N) is 7. The van der Waals surface area contributed by atoms with Gasteiger partial charge in [0.05, 0.1) is 22.8 Å². The monoisotopic (exact) mass is 612 g/mol. The first-order valence-corrected chi connectivity index (χ1v) is 15.2. The lowest BCUT2D eigenvalue weighted by Crippen LogP contribution is -2.44. The number of rotatable bonds is 10. The van der Waals surface area contributed by atoms with E-state index in [0.717, 1.165) is 56.1 Å². The molecule has 0 atom stereocenters. The molecule has 13 heteroatoms. The molecule has 1 aliphatic rings. The summed E-state index contributed by atoms with van der Waals surface area (Å²) in [4.78, 5) is 56.1. The van der Waals surface area contributed by atoms with E-state index in [1.165, 1.54) is 10.9 Å². The van der Waals surface area contributed by atoms with Gasteiger partial charge in [0.2, 0.25) is 0 Å². The second-order valence-electron chi connectivity index (χ2n) is 11.6. The summed E-state index contributed by atoms with van der Waals surface area (Å²) in [6, 6.07) is 7.55. The van der Waals surface area contributed by atoms with E-state index in [4.69, 9.17) is 9.97 Å². The minimum Gasteiger partial charge on any atom is -0.354 e. The summed E-state index contributed by atoms with van der Waals surface area (Å²) in [6.45, 7) is 11.1. The molecule has 5 rings (SSSR count). The maximum absolute atomic E-state index is 13.7. The first-order valence-electron chi connectivity index (χ1n) is 15.2. The van der Waals surface area contributed by atoms with Gasteiger partial charge in [-0.15, -0.1) is 0 Å². The molecule has 0 radical (unpaired) electrons. The average molecular weight is 613 g/mol. The van der Waals surface area contributed by atoms with Crippen LogP contribution >= 0.6 is 0 Å². The van der Waals surface area contributed by atoms with Crippen molar-refractivity contribution in [1.82, 2.24) is 40.4 Å². The van der Waals surface area contributed by atoms with Gasteiger partial charge in [-0.2, -0.15) is 10.2 Å². The number of hydrogen-bond donors (Lipinski definition) is 3. The molecule has 0 unspecified atom stereocenters. The number of aryl methyl sites for hydroxylation is 2. The van der Waals surface area contributed by atoms with Gasteiger partial charge in [0.1, 0.15) is 12.4 Å². The van der Waals surface area contributed by atoms with E-state index in [0.29, 0.717) is 39.1 Å². The summed E-state index contributed by atoms with van der Waals surface area (Å²) in [5.41, 5.74) is 7.14. The zero-order chi connectivity index (χ0) is 32.1. The lowest BCUT2D eigenvalue weighted by Gasteiger charge is -2.33. The van der Waals surface area contributed by atoms with E-state index in [9.17, 15) is 14.4 Å². The Kier molecular flexibility index (Phi) is 9.67. The lowest BCUT2D eigenvalue weighted by molar-refractivity contribution is -0.121. The number of carbonyl (C=O) groups is 2. The van der Waals surface area contributed by atoms with E-state index in [1.807, 2.05) is 32.0 Å². The Morgan fingerprint density at radius 2 is 1.87 bits per heavy atom. The van der Waals surface area contributed by atoms with E-state index in [1.54, 1.807) is 26.1 Å². The summed E-state index contributed by atoms with van der Waals surface area (Å²) in [5, 5.41) is 11.8. The van der Waals surface area contributed by atoms with Crippen LogP contribution in [0.3, 0.4) is 0 Å². The highest BCUT2D eigenvalue weighted by atomic mass is 16.2. The van der Waals surface area contributed by atoms with Crippen molar-refractivity contribution in [2.45, 2.75) is 53.6 Å². The van der Waals surface area contributed by atoms with Crippen molar-refractivity contribution in [3.8, 4) is 11.3 Å². The Morgan fingerprint density at radius 1 is 1.09 bits per heavy atom. The highest BCUT2D eigenvalue weighted by Gasteiger charge is 2.21. The van der Waals surface area contributed by atoms with Crippen molar-refractivity contribution in [3.05, 3.63) is 69.4 Å². The molecule has 1 saturated heterocycles. The molecule has 4 aromatic rings. The topological polar surface area (TPSA) is 154 Å². The molecule has 3 N–H and O–H groups in total. The third-order valence-corrected chi connectivity index (χ3v) is 7.73. The molecule has 0 saturated carbocycles. The van der Waals surface area contributed by atoms with Crippen molar-refractivity contribution in [1.29, 1.82) is 0 Å². The number of carbonyl (C=O) groups excluding carboxylic acids is 2.